The summed E-state index contributed by atoms with van der Waals surface area (Å²) in [6.07, 6.45) is 0.839. The van der Waals surface area contributed by atoms with E-state index in [1.54, 1.807) is 0 Å². The second-order valence-electron chi connectivity index (χ2n) is 4.66. The molecule has 2 N–H and O–H groups in total. The van der Waals surface area contributed by atoms with Crippen LogP contribution in [0.1, 0.15) is 22.4 Å². The van der Waals surface area contributed by atoms with Crippen LogP contribution in [0.15, 0.2) is 30.3 Å². The summed E-state index contributed by atoms with van der Waals surface area (Å²) >= 11 is 0. The van der Waals surface area contributed by atoms with Crippen LogP contribution in [0.25, 0.3) is 0 Å². The van der Waals surface area contributed by atoms with Gasteiger partial charge >= 0.3 is 0 Å². The molecule has 0 unspecified atom stereocenters. The topological polar surface area (TPSA) is 71.9 Å². The Morgan fingerprint density at radius 2 is 1.95 bits per heavy atom. The van der Waals surface area contributed by atoms with Crippen molar-refractivity contribution >= 4 is 0 Å². The maximum Gasteiger partial charge on any atom is 0.237 e. The molecule has 0 fully saturated rings. The van der Waals surface area contributed by atoms with Gasteiger partial charge < -0.3 is 10.5 Å². The SMILES string of the molecule is Cc1cc(C)c(C#N)c(Oc2ccc(CCN)cc2)n1. The molecule has 4 nitrogen and oxygen atoms in total. The largest absolute Gasteiger partial charge is 0.438 e. The van der Waals surface area contributed by atoms with Gasteiger partial charge in [0.05, 0.1) is 0 Å². The van der Waals surface area contributed by atoms with Crippen molar-refractivity contribution in [1.29, 1.82) is 5.26 Å². The van der Waals surface area contributed by atoms with Gasteiger partial charge in [-0.25, -0.2) is 4.98 Å². The zero-order valence-electron chi connectivity index (χ0n) is 11.7. The Hall–Kier alpha value is -2.38. The van der Waals surface area contributed by atoms with Crippen LogP contribution in [0.2, 0.25) is 0 Å². The maximum atomic E-state index is 9.20. The van der Waals surface area contributed by atoms with E-state index in [-0.39, 0.29) is 0 Å². The van der Waals surface area contributed by atoms with E-state index in [2.05, 4.69) is 11.1 Å². The molecule has 0 aliphatic carbocycles. The third-order valence-corrected chi connectivity index (χ3v) is 2.99. The highest BCUT2D eigenvalue weighted by molar-refractivity contribution is 5.47. The normalized spacial score (nSPS) is 10.1. The van der Waals surface area contributed by atoms with E-state index in [0.29, 0.717) is 23.7 Å². The van der Waals surface area contributed by atoms with Crippen LogP contribution in [-0.2, 0) is 6.42 Å². The molecule has 0 saturated carbocycles. The van der Waals surface area contributed by atoms with Gasteiger partial charge in [0, 0.05) is 5.69 Å². The van der Waals surface area contributed by atoms with Gasteiger partial charge in [0.2, 0.25) is 5.88 Å². The van der Waals surface area contributed by atoms with Crippen molar-refractivity contribution < 1.29 is 4.74 Å². The standard InChI is InChI=1S/C16H17N3O/c1-11-9-12(2)19-16(15(11)10-18)20-14-5-3-13(4-6-14)7-8-17/h3-6,9H,7-8,17H2,1-2H3. The number of nitrogens with two attached hydrogens (primary N) is 1. The smallest absolute Gasteiger partial charge is 0.237 e. The van der Waals surface area contributed by atoms with Crippen LogP contribution in [0.4, 0.5) is 0 Å². The maximum absolute atomic E-state index is 9.20. The molecule has 1 aromatic heterocycles. The van der Waals surface area contributed by atoms with E-state index in [1.165, 1.54) is 0 Å². The molecule has 2 rings (SSSR count). The summed E-state index contributed by atoms with van der Waals surface area (Å²) in [6, 6.07) is 11.7. The van der Waals surface area contributed by atoms with Gasteiger partial charge in [-0.1, -0.05) is 12.1 Å². The Labute approximate surface area is 118 Å². The van der Waals surface area contributed by atoms with E-state index in [4.69, 9.17) is 10.5 Å². The Morgan fingerprint density at radius 1 is 1.25 bits per heavy atom. The quantitative estimate of drug-likeness (QED) is 0.924. The average molecular weight is 267 g/mol. The molecule has 0 amide bonds. The molecule has 0 bridgehead atoms. The first kappa shape index (κ1) is 14.0. The van der Waals surface area contributed by atoms with Crippen LogP contribution >= 0.6 is 0 Å². The van der Waals surface area contributed by atoms with E-state index < -0.39 is 0 Å². The molecule has 0 spiro atoms. The number of nitrogens with zero attached hydrogens (tertiary/aromatic N) is 2. The summed E-state index contributed by atoms with van der Waals surface area (Å²) in [5, 5.41) is 9.20. The highest BCUT2D eigenvalue weighted by Gasteiger charge is 2.10. The number of aromatic nitrogens is 1. The molecular formula is C16H17N3O. The van der Waals surface area contributed by atoms with E-state index >= 15 is 0 Å². The zero-order chi connectivity index (χ0) is 14.5. The molecule has 2 aromatic rings. The fourth-order valence-corrected chi connectivity index (χ4v) is 2.01. The Bertz CT molecular complexity index is 642. The lowest BCUT2D eigenvalue weighted by molar-refractivity contribution is 0.459. The number of benzene rings is 1. The summed E-state index contributed by atoms with van der Waals surface area (Å²) in [5.41, 5.74) is 8.85. The average Bonchev–Trinajstić information content (AvgIpc) is 2.41. The van der Waals surface area contributed by atoms with Crippen molar-refractivity contribution in [2.45, 2.75) is 20.3 Å². The molecule has 1 aromatic carbocycles. The fraction of sp³-hybridized carbons (Fsp3) is 0.250. The van der Waals surface area contributed by atoms with Crippen LogP contribution in [0.3, 0.4) is 0 Å². The molecule has 0 aliphatic heterocycles. The fourth-order valence-electron chi connectivity index (χ4n) is 2.01. The van der Waals surface area contributed by atoms with Crippen LogP contribution in [0, 0.1) is 25.2 Å². The van der Waals surface area contributed by atoms with Crippen LogP contribution in [-0.4, -0.2) is 11.5 Å². The van der Waals surface area contributed by atoms with Gasteiger partial charge in [0.1, 0.15) is 17.4 Å². The number of hydrogen-bond acceptors (Lipinski definition) is 4. The predicted octanol–water partition coefficient (Wildman–Crippen LogP) is 2.86. The molecule has 1 heterocycles. The molecule has 20 heavy (non-hydrogen) atoms. The lowest BCUT2D eigenvalue weighted by Crippen LogP contribution is -2.02. The lowest BCUT2D eigenvalue weighted by atomic mass is 10.1. The lowest BCUT2D eigenvalue weighted by Gasteiger charge is -2.09. The second kappa shape index (κ2) is 6.18. The minimum Gasteiger partial charge on any atom is -0.438 e. The van der Waals surface area contributed by atoms with Gasteiger partial charge in [0.25, 0.3) is 0 Å². The molecule has 102 valence electrons. The van der Waals surface area contributed by atoms with Crippen molar-refractivity contribution in [1.82, 2.24) is 4.98 Å². The number of hydrogen-bond donors (Lipinski definition) is 1. The van der Waals surface area contributed by atoms with Gasteiger partial charge in [-0.15, -0.1) is 0 Å². The van der Waals surface area contributed by atoms with Crippen molar-refractivity contribution in [2.75, 3.05) is 6.54 Å². The first-order chi connectivity index (χ1) is 9.63. The summed E-state index contributed by atoms with van der Waals surface area (Å²) < 4.78 is 5.73. The van der Waals surface area contributed by atoms with Crippen molar-refractivity contribution in [2.24, 2.45) is 5.73 Å². The summed E-state index contributed by atoms with van der Waals surface area (Å²) in [5.74, 6) is 1.02. The second-order valence-corrected chi connectivity index (χ2v) is 4.66. The number of aryl methyl sites for hydroxylation is 2. The van der Waals surface area contributed by atoms with Crippen LogP contribution in [0.5, 0.6) is 11.6 Å². The minimum atomic E-state index is 0.358. The first-order valence-corrected chi connectivity index (χ1v) is 6.49. The first-order valence-electron chi connectivity index (χ1n) is 6.49. The highest BCUT2D eigenvalue weighted by atomic mass is 16.5. The van der Waals surface area contributed by atoms with Gasteiger partial charge in [0.15, 0.2) is 0 Å². The van der Waals surface area contributed by atoms with E-state index in [1.807, 2.05) is 44.2 Å². The Morgan fingerprint density at radius 3 is 2.55 bits per heavy atom. The van der Waals surface area contributed by atoms with Crippen molar-refractivity contribution in [3.63, 3.8) is 0 Å². The molecular weight excluding hydrogens is 250 g/mol. The molecule has 0 saturated heterocycles. The minimum absolute atomic E-state index is 0.358. The van der Waals surface area contributed by atoms with Crippen LogP contribution < -0.4 is 10.5 Å². The highest BCUT2D eigenvalue weighted by Crippen LogP contribution is 2.26. The number of pyridine rings is 1. The summed E-state index contributed by atoms with van der Waals surface area (Å²) in [7, 11) is 0. The molecule has 0 atom stereocenters. The molecule has 0 aliphatic rings. The summed E-state index contributed by atoms with van der Waals surface area (Å²) in [6.45, 7) is 4.38. The monoisotopic (exact) mass is 267 g/mol. The summed E-state index contributed by atoms with van der Waals surface area (Å²) in [4.78, 5) is 4.29. The van der Waals surface area contributed by atoms with Gasteiger partial charge in [-0.05, 0) is 56.1 Å². The number of ether oxygens (including phenoxy) is 1. The Balaban J connectivity index is 2.28. The van der Waals surface area contributed by atoms with E-state index in [9.17, 15) is 5.26 Å². The Kier molecular flexibility index (Phi) is 4.34. The predicted molar refractivity (Wildman–Crippen MR) is 77.7 cm³/mol. The third kappa shape index (κ3) is 3.14. The van der Waals surface area contributed by atoms with Crippen molar-refractivity contribution in [3.05, 3.63) is 52.7 Å². The number of rotatable bonds is 4. The van der Waals surface area contributed by atoms with Gasteiger partial charge in [-0.3, -0.25) is 0 Å². The third-order valence-electron chi connectivity index (χ3n) is 2.99. The molecule has 0 radical (unpaired) electrons. The van der Waals surface area contributed by atoms with E-state index in [0.717, 1.165) is 23.2 Å². The number of nitriles is 1. The van der Waals surface area contributed by atoms with Crippen molar-refractivity contribution in [3.8, 4) is 17.7 Å². The zero-order valence-corrected chi connectivity index (χ0v) is 11.7. The molecule has 4 heteroatoms. The van der Waals surface area contributed by atoms with Gasteiger partial charge in [-0.2, -0.15) is 5.26 Å².